The molecule has 0 spiro atoms. The van der Waals surface area contributed by atoms with Gasteiger partial charge in [0.25, 0.3) is 5.69 Å². The van der Waals surface area contributed by atoms with Gasteiger partial charge in [-0.3, -0.25) is 24.6 Å². The Kier molecular flexibility index (Phi) is 10.4. The highest BCUT2D eigenvalue weighted by atomic mass is 32.2. The van der Waals surface area contributed by atoms with Crippen molar-refractivity contribution in [3.8, 4) is 6.07 Å². The topological polar surface area (TPSA) is 151 Å². The van der Waals surface area contributed by atoms with E-state index in [2.05, 4.69) is 6.07 Å². The predicted octanol–water partition coefficient (Wildman–Crippen LogP) is 5.10. The minimum absolute atomic E-state index is 0.118. The molecule has 1 aliphatic heterocycles. The van der Waals surface area contributed by atoms with E-state index < -0.39 is 39.6 Å². The molecule has 0 bridgehead atoms. The van der Waals surface area contributed by atoms with Gasteiger partial charge in [0.05, 0.1) is 38.9 Å². The molecule has 1 fully saturated rings. The van der Waals surface area contributed by atoms with Crippen molar-refractivity contribution in [2.24, 2.45) is 11.3 Å². The fourth-order valence-electron chi connectivity index (χ4n) is 3.97. The maximum atomic E-state index is 13.9. The van der Waals surface area contributed by atoms with E-state index >= 15 is 0 Å². The molecule has 1 heterocycles. The van der Waals surface area contributed by atoms with E-state index in [1.54, 1.807) is 39.0 Å². The van der Waals surface area contributed by atoms with Gasteiger partial charge in [-0.1, -0.05) is 39.8 Å². The Bertz CT molecular complexity index is 1410. The van der Waals surface area contributed by atoms with E-state index in [-0.39, 0.29) is 28.0 Å². The number of nitro groups is 1. The number of amides is 1. The fourth-order valence-corrected chi connectivity index (χ4v) is 6.23. The quantitative estimate of drug-likeness (QED) is 0.129. The van der Waals surface area contributed by atoms with E-state index in [4.69, 9.17) is 4.74 Å². The molecule has 0 saturated carbocycles. The molecule has 1 N–H and O–H groups in total. The Morgan fingerprint density at radius 1 is 1.22 bits per heavy atom. The van der Waals surface area contributed by atoms with Crippen molar-refractivity contribution in [2.75, 3.05) is 5.75 Å². The molecule has 0 unspecified atom stereocenters. The number of benzene rings is 2. The van der Waals surface area contributed by atoms with Crippen LogP contribution >= 0.6 is 23.5 Å². The number of β-lactam (4-membered cyclic amide) rings is 1. The van der Waals surface area contributed by atoms with E-state index in [1.165, 1.54) is 53.9 Å². The van der Waals surface area contributed by atoms with Crippen LogP contribution in [0.15, 0.2) is 54.2 Å². The third-order valence-electron chi connectivity index (χ3n) is 6.17. The number of carbonyl (C=O) groups is 3. The zero-order chi connectivity index (χ0) is 30.5. The van der Waals surface area contributed by atoms with Crippen molar-refractivity contribution >= 4 is 51.1 Å². The lowest BCUT2D eigenvalue weighted by Gasteiger charge is -2.48. The number of rotatable bonds is 10. The number of thioether (sulfide) groups is 2. The second-order valence-electron chi connectivity index (χ2n) is 10.3. The molecule has 10 nitrogen and oxygen atoms in total. The number of hydrogen-bond acceptors (Lipinski definition) is 10. The number of nitrogens with zero attached hydrogens (tertiary/aromatic N) is 3. The summed E-state index contributed by atoms with van der Waals surface area (Å²) in [5.41, 5.74) is 0.0479. The molecule has 3 rings (SSSR count). The highest BCUT2D eigenvalue weighted by Crippen LogP contribution is 2.45. The Balaban J connectivity index is 2.17. The van der Waals surface area contributed by atoms with Crippen LogP contribution in [0, 0.1) is 32.8 Å². The van der Waals surface area contributed by atoms with E-state index in [0.29, 0.717) is 22.4 Å². The third kappa shape index (κ3) is 7.35. The SMILES string of the molecule is CCS[C@@H]1[C@@H]([C@@H](C)O)C(=O)N1C(C(=O)OCc1ccc([N+](=O)[O-])cc1)=C(SC(=O)C(C)(C)C)c1cccc(C#N)c1. The molecule has 3 atom stereocenters. The minimum atomic E-state index is -0.977. The van der Waals surface area contributed by atoms with Crippen LogP contribution in [0.1, 0.15) is 51.3 Å². The summed E-state index contributed by atoms with van der Waals surface area (Å²) in [6, 6.07) is 13.9. The average molecular weight is 598 g/mol. The molecule has 0 radical (unpaired) electrons. The fraction of sp³-hybridized carbons (Fsp3) is 0.379. The summed E-state index contributed by atoms with van der Waals surface area (Å²) in [4.78, 5) is 52.5. The molecule has 1 saturated heterocycles. The smallest absolute Gasteiger partial charge is 0.356 e. The molecular weight excluding hydrogens is 566 g/mol. The van der Waals surface area contributed by atoms with Crippen molar-refractivity contribution < 1.29 is 29.2 Å². The second-order valence-corrected chi connectivity index (χ2v) is 12.7. The van der Waals surface area contributed by atoms with Crippen LogP contribution in [-0.4, -0.2) is 49.2 Å². The van der Waals surface area contributed by atoms with Crippen LogP contribution in [0.25, 0.3) is 4.91 Å². The average Bonchev–Trinajstić information content (AvgIpc) is 2.92. The first-order valence-corrected chi connectivity index (χ1v) is 14.7. The van der Waals surface area contributed by atoms with Gasteiger partial charge in [-0.15, -0.1) is 11.8 Å². The normalized spacial score (nSPS) is 18.1. The second kappa shape index (κ2) is 13.3. The summed E-state index contributed by atoms with van der Waals surface area (Å²) in [5.74, 6) is -1.58. The lowest BCUT2D eigenvalue weighted by Crippen LogP contribution is -2.63. The van der Waals surface area contributed by atoms with Crippen molar-refractivity contribution in [2.45, 2.75) is 52.7 Å². The van der Waals surface area contributed by atoms with Gasteiger partial charge in [0.15, 0.2) is 5.12 Å². The van der Waals surface area contributed by atoms with Gasteiger partial charge in [0, 0.05) is 17.5 Å². The largest absolute Gasteiger partial charge is 0.456 e. The third-order valence-corrected chi connectivity index (χ3v) is 8.78. The number of likely N-dealkylation sites (tertiary alicyclic amines) is 1. The first-order valence-electron chi connectivity index (χ1n) is 12.8. The number of non-ortho nitro benzene ring substituents is 1. The van der Waals surface area contributed by atoms with Gasteiger partial charge in [0.2, 0.25) is 5.91 Å². The number of nitriles is 1. The molecular formula is C29H31N3O7S2. The maximum Gasteiger partial charge on any atom is 0.356 e. The van der Waals surface area contributed by atoms with Crippen molar-refractivity contribution in [1.29, 1.82) is 5.26 Å². The van der Waals surface area contributed by atoms with Crippen LogP contribution in [0.3, 0.4) is 0 Å². The summed E-state index contributed by atoms with van der Waals surface area (Å²) in [6.45, 7) is 8.33. The van der Waals surface area contributed by atoms with E-state index in [1.807, 2.05) is 6.92 Å². The molecule has 1 aliphatic rings. The number of ether oxygens (including phenoxy) is 1. The van der Waals surface area contributed by atoms with Crippen LogP contribution in [0.5, 0.6) is 0 Å². The first-order chi connectivity index (χ1) is 19.3. The highest BCUT2D eigenvalue weighted by molar-refractivity contribution is 8.21. The molecule has 2 aromatic carbocycles. The number of aliphatic hydroxyl groups excluding tert-OH is 1. The lowest BCUT2D eigenvalue weighted by atomic mass is 9.91. The zero-order valence-electron chi connectivity index (χ0n) is 23.3. The molecule has 12 heteroatoms. The number of aliphatic hydroxyl groups is 1. The molecule has 2 aromatic rings. The Hall–Kier alpha value is -3.66. The molecule has 0 aromatic heterocycles. The van der Waals surface area contributed by atoms with Gasteiger partial charge < -0.3 is 9.84 Å². The van der Waals surface area contributed by atoms with Gasteiger partial charge in [-0.2, -0.15) is 5.26 Å². The number of hydrogen-bond donors (Lipinski definition) is 1. The summed E-state index contributed by atoms with van der Waals surface area (Å²) in [5, 5.41) is 30.0. The molecule has 216 valence electrons. The van der Waals surface area contributed by atoms with Gasteiger partial charge in [-0.05, 0) is 59.8 Å². The summed E-state index contributed by atoms with van der Waals surface area (Å²) in [6.07, 6.45) is -0.977. The minimum Gasteiger partial charge on any atom is -0.456 e. The summed E-state index contributed by atoms with van der Waals surface area (Å²) >= 11 is 2.15. The summed E-state index contributed by atoms with van der Waals surface area (Å²) in [7, 11) is 0. The van der Waals surface area contributed by atoms with E-state index in [0.717, 1.165) is 11.8 Å². The number of nitro benzene ring substituents is 1. The van der Waals surface area contributed by atoms with E-state index in [9.17, 15) is 34.9 Å². The molecule has 0 aliphatic carbocycles. The van der Waals surface area contributed by atoms with Gasteiger partial charge >= 0.3 is 5.97 Å². The Morgan fingerprint density at radius 2 is 1.88 bits per heavy atom. The van der Waals surface area contributed by atoms with Crippen molar-refractivity contribution in [1.82, 2.24) is 4.90 Å². The van der Waals surface area contributed by atoms with Crippen LogP contribution in [0.2, 0.25) is 0 Å². The molecule has 41 heavy (non-hydrogen) atoms. The standard InChI is InChI=1S/C29H31N3O7S2/c1-6-40-26-22(17(2)33)25(34)31(26)23(27(35)39-16-18-10-12-21(13-11-18)32(37)38)24(41-28(36)29(3,4)5)20-9-7-8-19(14-20)15-30/h7-14,17,22,26,33H,6,16H2,1-5H3/t17-,22+,26-/m1/s1. The van der Waals surface area contributed by atoms with Gasteiger partial charge in [-0.25, -0.2) is 4.79 Å². The predicted molar refractivity (Wildman–Crippen MR) is 157 cm³/mol. The number of carbonyl (C=O) groups excluding carboxylic acids is 3. The monoisotopic (exact) mass is 597 g/mol. The van der Waals surface area contributed by atoms with Crippen LogP contribution in [0.4, 0.5) is 5.69 Å². The Morgan fingerprint density at radius 3 is 2.41 bits per heavy atom. The van der Waals surface area contributed by atoms with Crippen LogP contribution < -0.4 is 0 Å². The lowest BCUT2D eigenvalue weighted by molar-refractivity contribution is -0.384. The van der Waals surface area contributed by atoms with Crippen molar-refractivity contribution in [3.63, 3.8) is 0 Å². The first kappa shape index (κ1) is 31.9. The molecule has 1 amide bonds. The summed E-state index contributed by atoms with van der Waals surface area (Å²) < 4.78 is 5.62. The van der Waals surface area contributed by atoms with Crippen molar-refractivity contribution in [3.05, 3.63) is 81.0 Å². The highest BCUT2D eigenvalue weighted by Gasteiger charge is 2.53. The Labute approximate surface area is 246 Å². The maximum absolute atomic E-state index is 13.9. The zero-order valence-corrected chi connectivity index (χ0v) is 25.0. The van der Waals surface area contributed by atoms with Gasteiger partial charge in [0.1, 0.15) is 12.3 Å². The number of esters is 1. The van der Waals surface area contributed by atoms with Crippen LogP contribution in [-0.2, 0) is 25.7 Å².